The maximum absolute atomic E-state index is 10.9. The average molecular weight is 285 g/mol. The molecule has 0 aliphatic carbocycles. The molecule has 1 rings (SSSR count). The summed E-state index contributed by atoms with van der Waals surface area (Å²) in [6.45, 7) is 5.06. The van der Waals surface area contributed by atoms with Crippen molar-refractivity contribution < 1.29 is 4.92 Å². The van der Waals surface area contributed by atoms with Crippen molar-refractivity contribution in [3.05, 3.63) is 33.3 Å². The highest BCUT2D eigenvalue weighted by atomic mass is 35.5. The van der Waals surface area contributed by atoms with Crippen molar-refractivity contribution in [3.63, 3.8) is 0 Å². The van der Waals surface area contributed by atoms with E-state index in [0.717, 1.165) is 19.4 Å². The number of nitrogens with zero attached hydrogens (tertiary/aromatic N) is 1. The highest BCUT2D eigenvalue weighted by Gasteiger charge is 2.15. The van der Waals surface area contributed by atoms with E-state index >= 15 is 0 Å². The fraction of sp³-hybridized carbons (Fsp3) is 0.571. The minimum atomic E-state index is -0.383. The first-order chi connectivity index (χ1) is 9.08. The number of anilines is 1. The summed E-state index contributed by atoms with van der Waals surface area (Å²) in [7, 11) is 0. The fourth-order valence-electron chi connectivity index (χ4n) is 2.01. The van der Waals surface area contributed by atoms with Crippen molar-refractivity contribution in [2.75, 3.05) is 11.9 Å². The Kier molecular flexibility index (Phi) is 6.64. The molecule has 1 aromatic carbocycles. The van der Waals surface area contributed by atoms with Crippen molar-refractivity contribution in [3.8, 4) is 0 Å². The summed E-state index contributed by atoms with van der Waals surface area (Å²) in [6, 6.07) is 4.60. The Morgan fingerprint density at radius 2 is 2.16 bits per heavy atom. The van der Waals surface area contributed by atoms with Gasteiger partial charge in [0.05, 0.1) is 4.92 Å². The zero-order chi connectivity index (χ0) is 14.3. The SMILES string of the molecule is CCCCC(CC)CNc1cc(Cl)ccc1[N+](=O)[O-]. The van der Waals surface area contributed by atoms with Crippen LogP contribution in [0, 0.1) is 16.0 Å². The standard InChI is InChI=1S/C14H21ClN2O2/c1-3-5-6-11(4-2)10-16-13-9-12(15)7-8-14(13)17(18)19/h7-9,11,16H,3-6,10H2,1-2H3. The summed E-state index contributed by atoms with van der Waals surface area (Å²) in [5.41, 5.74) is 0.585. The number of unbranched alkanes of at least 4 members (excludes halogenated alkanes) is 1. The van der Waals surface area contributed by atoms with Crippen LogP contribution >= 0.6 is 11.6 Å². The van der Waals surface area contributed by atoms with E-state index in [1.54, 1.807) is 12.1 Å². The maximum atomic E-state index is 10.9. The van der Waals surface area contributed by atoms with Crippen molar-refractivity contribution in [2.45, 2.75) is 39.5 Å². The zero-order valence-electron chi connectivity index (χ0n) is 11.5. The second-order valence-corrected chi connectivity index (χ2v) is 5.15. The van der Waals surface area contributed by atoms with Crippen LogP contribution in [0.4, 0.5) is 11.4 Å². The Hall–Kier alpha value is -1.29. The van der Waals surface area contributed by atoms with E-state index in [1.165, 1.54) is 18.9 Å². The van der Waals surface area contributed by atoms with Gasteiger partial charge in [-0.2, -0.15) is 0 Å². The number of nitrogens with one attached hydrogen (secondary N) is 1. The Morgan fingerprint density at radius 3 is 2.74 bits per heavy atom. The molecule has 1 atom stereocenters. The molecule has 5 heteroatoms. The quantitative estimate of drug-likeness (QED) is 0.547. The van der Waals surface area contributed by atoms with Gasteiger partial charge in [-0.05, 0) is 24.5 Å². The molecule has 19 heavy (non-hydrogen) atoms. The summed E-state index contributed by atoms with van der Waals surface area (Å²) < 4.78 is 0. The molecule has 1 aromatic rings. The highest BCUT2D eigenvalue weighted by Crippen LogP contribution is 2.28. The molecule has 0 saturated heterocycles. The van der Waals surface area contributed by atoms with Gasteiger partial charge in [0.1, 0.15) is 5.69 Å². The van der Waals surface area contributed by atoms with Gasteiger partial charge in [0.2, 0.25) is 0 Å². The third-order valence-electron chi connectivity index (χ3n) is 3.28. The number of nitro groups is 1. The van der Waals surface area contributed by atoms with Gasteiger partial charge in [-0.25, -0.2) is 0 Å². The van der Waals surface area contributed by atoms with Gasteiger partial charge in [0.25, 0.3) is 5.69 Å². The van der Waals surface area contributed by atoms with Gasteiger partial charge in [-0.15, -0.1) is 0 Å². The Bertz CT molecular complexity index is 424. The third-order valence-corrected chi connectivity index (χ3v) is 3.51. The molecule has 0 bridgehead atoms. The highest BCUT2D eigenvalue weighted by molar-refractivity contribution is 6.31. The largest absolute Gasteiger partial charge is 0.379 e. The third kappa shape index (κ3) is 5.07. The Labute approximate surface area is 119 Å². The van der Waals surface area contributed by atoms with Gasteiger partial charge in [-0.3, -0.25) is 10.1 Å². The lowest BCUT2D eigenvalue weighted by atomic mass is 9.99. The van der Waals surface area contributed by atoms with Gasteiger partial charge in [-0.1, -0.05) is 44.7 Å². The number of hydrogen-bond acceptors (Lipinski definition) is 3. The van der Waals surface area contributed by atoms with Crippen LogP contribution in [0.1, 0.15) is 39.5 Å². The average Bonchev–Trinajstić information content (AvgIpc) is 2.38. The van der Waals surface area contributed by atoms with Crippen LogP contribution in [0.5, 0.6) is 0 Å². The molecule has 0 amide bonds. The lowest BCUT2D eigenvalue weighted by Gasteiger charge is -2.16. The molecule has 0 aliphatic rings. The number of benzene rings is 1. The van der Waals surface area contributed by atoms with Crippen LogP contribution in [0.2, 0.25) is 5.02 Å². The molecule has 106 valence electrons. The maximum Gasteiger partial charge on any atom is 0.292 e. The van der Waals surface area contributed by atoms with Gasteiger partial charge in [0, 0.05) is 17.6 Å². The van der Waals surface area contributed by atoms with Crippen molar-refractivity contribution >= 4 is 23.0 Å². The molecule has 1 unspecified atom stereocenters. The van der Waals surface area contributed by atoms with Crippen LogP contribution in [0.25, 0.3) is 0 Å². The van der Waals surface area contributed by atoms with E-state index in [0.29, 0.717) is 16.6 Å². The smallest absolute Gasteiger partial charge is 0.292 e. The Balaban J connectivity index is 2.70. The molecule has 0 heterocycles. The van der Waals surface area contributed by atoms with Gasteiger partial charge < -0.3 is 5.32 Å². The molecule has 0 aliphatic heterocycles. The monoisotopic (exact) mass is 284 g/mol. The molecule has 0 aromatic heterocycles. The van der Waals surface area contributed by atoms with Crippen LogP contribution < -0.4 is 5.32 Å². The van der Waals surface area contributed by atoms with E-state index in [-0.39, 0.29) is 10.6 Å². The number of halogens is 1. The predicted molar refractivity (Wildman–Crippen MR) is 79.9 cm³/mol. The minimum absolute atomic E-state index is 0.0785. The van der Waals surface area contributed by atoms with Crippen LogP contribution in [-0.2, 0) is 0 Å². The van der Waals surface area contributed by atoms with E-state index < -0.39 is 0 Å². The van der Waals surface area contributed by atoms with E-state index in [1.807, 2.05) is 0 Å². The molecule has 0 radical (unpaired) electrons. The van der Waals surface area contributed by atoms with E-state index in [9.17, 15) is 10.1 Å². The topological polar surface area (TPSA) is 55.2 Å². The predicted octanol–water partition coefficient (Wildman–Crippen LogP) is 4.88. The first-order valence-electron chi connectivity index (χ1n) is 6.76. The lowest BCUT2D eigenvalue weighted by molar-refractivity contribution is -0.384. The first kappa shape index (κ1) is 15.8. The van der Waals surface area contributed by atoms with Crippen LogP contribution in [-0.4, -0.2) is 11.5 Å². The molecule has 4 nitrogen and oxygen atoms in total. The molecule has 0 fully saturated rings. The van der Waals surface area contributed by atoms with Crippen LogP contribution in [0.15, 0.2) is 18.2 Å². The summed E-state index contributed by atoms with van der Waals surface area (Å²) in [5, 5.41) is 14.6. The minimum Gasteiger partial charge on any atom is -0.379 e. The summed E-state index contributed by atoms with van der Waals surface area (Å²) in [5.74, 6) is 0.540. The molecular weight excluding hydrogens is 264 g/mol. The van der Waals surface area contributed by atoms with E-state index in [4.69, 9.17) is 11.6 Å². The van der Waals surface area contributed by atoms with Crippen LogP contribution in [0.3, 0.4) is 0 Å². The number of rotatable bonds is 8. The molecule has 0 saturated carbocycles. The number of nitro benzene ring substituents is 1. The normalized spacial score (nSPS) is 12.2. The molecule has 1 N–H and O–H groups in total. The van der Waals surface area contributed by atoms with Gasteiger partial charge >= 0.3 is 0 Å². The van der Waals surface area contributed by atoms with Crippen molar-refractivity contribution in [1.82, 2.24) is 0 Å². The van der Waals surface area contributed by atoms with Crippen molar-refractivity contribution in [1.29, 1.82) is 0 Å². The second kappa shape index (κ2) is 8.00. The fourth-order valence-corrected chi connectivity index (χ4v) is 2.18. The first-order valence-corrected chi connectivity index (χ1v) is 7.14. The second-order valence-electron chi connectivity index (χ2n) is 4.72. The molecule has 0 spiro atoms. The Morgan fingerprint density at radius 1 is 1.42 bits per heavy atom. The summed E-state index contributed by atoms with van der Waals surface area (Å²) in [6.07, 6.45) is 4.58. The summed E-state index contributed by atoms with van der Waals surface area (Å²) in [4.78, 5) is 10.6. The molecular formula is C14H21ClN2O2. The number of hydrogen-bond donors (Lipinski definition) is 1. The van der Waals surface area contributed by atoms with Gasteiger partial charge in [0.15, 0.2) is 0 Å². The lowest BCUT2D eigenvalue weighted by Crippen LogP contribution is -2.14. The summed E-state index contributed by atoms with van der Waals surface area (Å²) >= 11 is 5.89. The van der Waals surface area contributed by atoms with E-state index in [2.05, 4.69) is 19.2 Å². The zero-order valence-corrected chi connectivity index (χ0v) is 12.2. The van der Waals surface area contributed by atoms with Crippen molar-refractivity contribution in [2.24, 2.45) is 5.92 Å².